The van der Waals surface area contributed by atoms with Crippen LogP contribution in [0, 0.1) is 12.8 Å². The lowest BCUT2D eigenvalue weighted by Gasteiger charge is -2.38. The van der Waals surface area contributed by atoms with Gasteiger partial charge in [-0.05, 0) is 31.9 Å². The summed E-state index contributed by atoms with van der Waals surface area (Å²) in [6.45, 7) is 4.39. The van der Waals surface area contributed by atoms with Crippen molar-refractivity contribution in [2.75, 3.05) is 39.3 Å². The van der Waals surface area contributed by atoms with E-state index in [0.717, 1.165) is 0 Å². The first-order chi connectivity index (χ1) is 15.3. The van der Waals surface area contributed by atoms with E-state index in [1.165, 1.54) is 10.5 Å². The molecule has 10 heteroatoms. The Morgan fingerprint density at radius 3 is 2.09 bits per heavy atom. The van der Waals surface area contributed by atoms with Crippen molar-refractivity contribution in [2.45, 2.75) is 24.8 Å². The molecule has 4 rings (SSSR count). The van der Waals surface area contributed by atoms with Crippen LogP contribution in [0.1, 0.15) is 29.0 Å². The highest BCUT2D eigenvalue weighted by atomic mass is 32.2. The summed E-state index contributed by atoms with van der Waals surface area (Å²) in [5.41, 5.74) is 0.656. The minimum Gasteiger partial charge on any atom is -0.339 e. The first-order valence-electron chi connectivity index (χ1n) is 10.9. The van der Waals surface area contributed by atoms with Crippen LogP contribution in [0.5, 0.6) is 0 Å². The number of nitrogens with zero attached hydrogens (tertiary/aromatic N) is 5. The van der Waals surface area contributed by atoms with Crippen LogP contribution in [-0.4, -0.2) is 83.2 Å². The molecular weight excluding hydrogens is 430 g/mol. The Balaban J connectivity index is 1.30. The number of imidazole rings is 1. The number of piperidine rings is 1. The Kier molecular flexibility index (Phi) is 6.34. The number of benzene rings is 1. The van der Waals surface area contributed by atoms with Crippen LogP contribution >= 0.6 is 0 Å². The molecule has 2 amide bonds. The number of carbonyl (C=O) groups is 2. The van der Waals surface area contributed by atoms with Crippen molar-refractivity contribution in [1.82, 2.24) is 23.7 Å². The Hall–Kier alpha value is -2.72. The van der Waals surface area contributed by atoms with Crippen molar-refractivity contribution >= 4 is 21.8 Å². The minimum absolute atomic E-state index is 0.0130. The standard InChI is InChI=1S/C22H29N5O4S/c1-17-23-20(16-24(17)2)32(30,31)27-10-8-19(9-11-27)22(29)26-14-12-25(13-15-26)21(28)18-6-4-3-5-7-18/h3-7,16,19H,8-15H2,1-2H3. The molecule has 2 aliphatic rings. The van der Waals surface area contributed by atoms with Crippen LogP contribution in [0.25, 0.3) is 0 Å². The summed E-state index contributed by atoms with van der Waals surface area (Å²) in [4.78, 5) is 33.4. The molecule has 9 nitrogen and oxygen atoms in total. The topological polar surface area (TPSA) is 95.8 Å². The zero-order chi connectivity index (χ0) is 22.9. The maximum Gasteiger partial charge on any atom is 0.262 e. The zero-order valence-corrected chi connectivity index (χ0v) is 19.3. The molecule has 1 aromatic heterocycles. The summed E-state index contributed by atoms with van der Waals surface area (Å²) >= 11 is 0. The lowest BCUT2D eigenvalue weighted by molar-refractivity contribution is -0.138. The van der Waals surface area contributed by atoms with Gasteiger partial charge in [-0.15, -0.1) is 0 Å². The molecule has 3 heterocycles. The summed E-state index contributed by atoms with van der Waals surface area (Å²) in [7, 11) is -1.89. The van der Waals surface area contributed by atoms with Gasteiger partial charge in [0.05, 0.1) is 0 Å². The molecular formula is C22H29N5O4S. The van der Waals surface area contributed by atoms with E-state index in [0.29, 0.717) is 63.5 Å². The van der Waals surface area contributed by atoms with E-state index in [4.69, 9.17) is 0 Å². The van der Waals surface area contributed by atoms with Crippen molar-refractivity contribution in [3.8, 4) is 0 Å². The van der Waals surface area contributed by atoms with Crippen LogP contribution in [0.3, 0.4) is 0 Å². The quantitative estimate of drug-likeness (QED) is 0.683. The molecule has 0 unspecified atom stereocenters. The maximum atomic E-state index is 13.0. The monoisotopic (exact) mass is 459 g/mol. The Morgan fingerprint density at radius 1 is 0.938 bits per heavy atom. The molecule has 0 saturated carbocycles. The summed E-state index contributed by atoms with van der Waals surface area (Å²) in [6, 6.07) is 9.16. The smallest absolute Gasteiger partial charge is 0.262 e. The molecule has 0 bridgehead atoms. The van der Waals surface area contributed by atoms with Crippen molar-refractivity contribution in [2.24, 2.45) is 13.0 Å². The fourth-order valence-electron chi connectivity index (χ4n) is 4.28. The van der Waals surface area contributed by atoms with E-state index in [-0.39, 0.29) is 22.8 Å². The first kappa shape index (κ1) is 22.5. The molecule has 2 saturated heterocycles. The summed E-state index contributed by atoms with van der Waals surface area (Å²) in [6.07, 6.45) is 2.51. The van der Waals surface area contributed by atoms with Gasteiger partial charge in [0.2, 0.25) is 5.91 Å². The maximum absolute atomic E-state index is 13.0. The van der Waals surface area contributed by atoms with Crippen molar-refractivity contribution < 1.29 is 18.0 Å². The number of carbonyl (C=O) groups excluding carboxylic acids is 2. The van der Waals surface area contributed by atoms with Crippen molar-refractivity contribution in [1.29, 1.82) is 0 Å². The van der Waals surface area contributed by atoms with Crippen molar-refractivity contribution in [3.05, 3.63) is 47.9 Å². The molecule has 172 valence electrons. The van der Waals surface area contributed by atoms with Crippen LogP contribution in [-0.2, 0) is 21.9 Å². The highest BCUT2D eigenvalue weighted by Crippen LogP contribution is 2.25. The predicted molar refractivity (Wildman–Crippen MR) is 118 cm³/mol. The number of aromatic nitrogens is 2. The molecule has 0 N–H and O–H groups in total. The van der Waals surface area contributed by atoms with Gasteiger partial charge in [-0.2, -0.15) is 4.31 Å². The number of rotatable bonds is 4. The van der Waals surface area contributed by atoms with E-state index < -0.39 is 10.0 Å². The molecule has 2 aliphatic heterocycles. The largest absolute Gasteiger partial charge is 0.339 e. The summed E-state index contributed by atoms with van der Waals surface area (Å²) in [5, 5.41) is 0.0569. The predicted octanol–water partition coefficient (Wildman–Crippen LogP) is 1.11. The fourth-order valence-corrected chi connectivity index (χ4v) is 5.77. The fraction of sp³-hybridized carbons (Fsp3) is 0.500. The van der Waals surface area contributed by atoms with Gasteiger partial charge in [-0.3, -0.25) is 9.59 Å². The highest BCUT2D eigenvalue weighted by Gasteiger charge is 2.36. The number of hydrogen-bond acceptors (Lipinski definition) is 5. The Bertz CT molecular complexity index is 1060. The van der Waals surface area contributed by atoms with E-state index >= 15 is 0 Å². The van der Waals surface area contributed by atoms with Crippen LogP contribution < -0.4 is 0 Å². The third-order valence-electron chi connectivity index (χ3n) is 6.39. The molecule has 0 atom stereocenters. The second-order valence-electron chi connectivity index (χ2n) is 8.40. The first-order valence-corrected chi connectivity index (χ1v) is 12.3. The molecule has 0 spiro atoms. The van der Waals surface area contributed by atoms with Crippen LogP contribution in [0.15, 0.2) is 41.6 Å². The van der Waals surface area contributed by atoms with Gasteiger partial charge >= 0.3 is 0 Å². The molecule has 2 aromatic rings. The van der Waals surface area contributed by atoms with Gasteiger partial charge in [0, 0.05) is 64.0 Å². The normalized spacial score (nSPS) is 18.7. The number of hydrogen-bond donors (Lipinski definition) is 0. The SMILES string of the molecule is Cc1nc(S(=O)(=O)N2CCC(C(=O)N3CCN(C(=O)c4ccccc4)CC3)CC2)cn1C. The van der Waals surface area contributed by atoms with Gasteiger partial charge in [0.1, 0.15) is 5.82 Å². The second-order valence-corrected chi connectivity index (χ2v) is 10.3. The van der Waals surface area contributed by atoms with Crippen molar-refractivity contribution in [3.63, 3.8) is 0 Å². The number of aryl methyl sites for hydroxylation is 2. The number of piperazine rings is 1. The molecule has 2 fully saturated rings. The van der Waals surface area contributed by atoms with E-state index in [2.05, 4.69) is 4.98 Å². The molecule has 0 radical (unpaired) electrons. The third kappa shape index (κ3) is 4.42. The average molecular weight is 460 g/mol. The van der Waals surface area contributed by atoms with Gasteiger partial charge in [-0.1, -0.05) is 18.2 Å². The van der Waals surface area contributed by atoms with E-state index in [1.54, 1.807) is 35.6 Å². The van der Waals surface area contributed by atoms with Gasteiger partial charge in [-0.25, -0.2) is 13.4 Å². The third-order valence-corrected chi connectivity index (χ3v) is 8.16. The van der Waals surface area contributed by atoms with Crippen LogP contribution in [0.2, 0.25) is 0 Å². The molecule has 1 aromatic carbocycles. The number of amides is 2. The summed E-state index contributed by atoms with van der Waals surface area (Å²) in [5.74, 6) is 0.491. The molecule has 32 heavy (non-hydrogen) atoms. The van der Waals surface area contributed by atoms with Crippen LogP contribution in [0.4, 0.5) is 0 Å². The number of sulfonamides is 1. The van der Waals surface area contributed by atoms with Gasteiger partial charge in [0.25, 0.3) is 15.9 Å². The average Bonchev–Trinajstić information content (AvgIpc) is 3.18. The van der Waals surface area contributed by atoms with Gasteiger partial charge in [0.15, 0.2) is 5.03 Å². The Morgan fingerprint density at radius 2 is 1.53 bits per heavy atom. The lowest BCUT2D eigenvalue weighted by Crippen LogP contribution is -2.53. The molecule has 0 aliphatic carbocycles. The van der Waals surface area contributed by atoms with E-state index in [1.807, 2.05) is 23.1 Å². The zero-order valence-electron chi connectivity index (χ0n) is 18.5. The lowest BCUT2D eigenvalue weighted by atomic mass is 9.96. The highest BCUT2D eigenvalue weighted by molar-refractivity contribution is 7.89. The second kappa shape index (κ2) is 9.03. The summed E-state index contributed by atoms with van der Waals surface area (Å²) < 4.78 is 28.8. The van der Waals surface area contributed by atoms with Gasteiger partial charge < -0.3 is 14.4 Å². The minimum atomic E-state index is -3.65. The van der Waals surface area contributed by atoms with E-state index in [9.17, 15) is 18.0 Å². The Labute approximate surface area is 188 Å².